The zero-order valence-corrected chi connectivity index (χ0v) is 20.6. The number of nitrogens with zero attached hydrogens (tertiary/aromatic N) is 2. The molecule has 1 atom stereocenters. The summed E-state index contributed by atoms with van der Waals surface area (Å²) in [5.41, 5.74) is -3.16. The molecule has 0 spiro atoms. The molecule has 2 aliphatic rings. The van der Waals surface area contributed by atoms with E-state index in [9.17, 15) is 14.3 Å². The van der Waals surface area contributed by atoms with E-state index in [-0.39, 0.29) is 26.0 Å². The largest absolute Gasteiger partial charge is 0.485 e. The Morgan fingerprint density at radius 2 is 1.89 bits per heavy atom. The van der Waals surface area contributed by atoms with Crippen molar-refractivity contribution in [2.45, 2.75) is 84.0 Å². The highest BCUT2D eigenvalue weighted by Gasteiger charge is 2.65. The smallest absolute Gasteiger partial charge is 0.352 e. The van der Waals surface area contributed by atoms with E-state index >= 15 is 8.78 Å². The van der Waals surface area contributed by atoms with Gasteiger partial charge in [-0.1, -0.05) is 38.9 Å². The minimum atomic E-state index is -3.95. The minimum absolute atomic E-state index is 0.0306. The Labute approximate surface area is 203 Å². The summed E-state index contributed by atoms with van der Waals surface area (Å²) in [5.74, 6) is -5.13. The molecule has 0 radical (unpaired) electrons. The van der Waals surface area contributed by atoms with E-state index in [1.54, 1.807) is 12.1 Å². The third-order valence-electron chi connectivity index (χ3n) is 6.96. The van der Waals surface area contributed by atoms with Crippen LogP contribution in [-0.2, 0) is 11.4 Å². The van der Waals surface area contributed by atoms with E-state index < -0.39 is 40.1 Å². The van der Waals surface area contributed by atoms with Crippen LogP contribution in [0.2, 0.25) is 0 Å². The molecule has 4 rings (SSSR count). The lowest BCUT2D eigenvalue weighted by Crippen LogP contribution is -2.62. The third kappa shape index (κ3) is 5.20. The van der Waals surface area contributed by atoms with Crippen molar-refractivity contribution in [3.8, 4) is 5.75 Å². The molecule has 1 unspecified atom stereocenters. The lowest BCUT2D eigenvalue weighted by Gasteiger charge is -2.51. The first kappa shape index (κ1) is 25.5. The van der Waals surface area contributed by atoms with Gasteiger partial charge in [0.05, 0.1) is 6.04 Å². The summed E-state index contributed by atoms with van der Waals surface area (Å²) >= 11 is 0. The van der Waals surface area contributed by atoms with Gasteiger partial charge in [0.1, 0.15) is 29.5 Å². The number of carbonyl (C=O) groups is 1. The SMILES string of the molecule is CC1(C)CC(C)(C)CC(O)(C(F)(F)C(=O)N2CCCC2c2cc(COc3cccc(F)c3)on2)C1. The third-order valence-corrected chi connectivity index (χ3v) is 6.96. The fraction of sp³-hybridized carbons (Fsp3) is 0.615. The Kier molecular flexibility index (Phi) is 6.45. The van der Waals surface area contributed by atoms with Crippen LogP contribution in [0.3, 0.4) is 0 Å². The van der Waals surface area contributed by atoms with Gasteiger partial charge < -0.3 is 19.3 Å². The predicted molar refractivity (Wildman–Crippen MR) is 122 cm³/mol. The standard InChI is InChI=1S/C26H33F3N2O4/c1-23(2)14-24(3,4)16-25(33,15-23)26(28,29)22(32)31-10-6-9-21(31)20-12-19(35-30-20)13-34-18-8-5-7-17(27)11-18/h5,7-8,11-12,21,33H,6,9-10,13-16H2,1-4H3. The van der Waals surface area contributed by atoms with Crippen LogP contribution in [0.15, 0.2) is 34.9 Å². The van der Waals surface area contributed by atoms with Crippen molar-refractivity contribution in [1.29, 1.82) is 0 Å². The molecule has 192 valence electrons. The Balaban J connectivity index is 1.50. The van der Waals surface area contributed by atoms with Gasteiger partial charge in [0.25, 0.3) is 5.91 Å². The number of hydrogen-bond acceptors (Lipinski definition) is 5. The molecule has 1 aliphatic heterocycles. The van der Waals surface area contributed by atoms with Gasteiger partial charge in [0.15, 0.2) is 5.76 Å². The van der Waals surface area contributed by atoms with Crippen LogP contribution in [0.25, 0.3) is 0 Å². The number of benzene rings is 1. The monoisotopic (exact) mass is 494 g/mol. The summed E-state index contributed by atoms with van der Waals surface area (Å²) in [7, 11) is 0. The summed E-state index contributed by atoms with van der Waals surface area (Å²) in [6.07, 6.45) is 1.34. The Morgan fingerprint density at radius 1 is 1.20 bits per heavy atom. The van der Waals surface area contributed by atoms with Crippen molar-refractivity contribution in [1.82, 2.24) is 10.1 Å². The maximum Gasteiger partial charge on any atom is 0.352 e. The van der Waals surface area contributed by atoms with Gasteiger partial charge >= 0.3 is 5.92 Å². The molecule has 9 heteroatoms. The average Bonchev–Trinajstić information content (AvgIpc) is 3.38. The van der Waals surface area contributed by atoms with Crippen LogP contribution in [0.1, 0.15) is 77.3 Å². The summed E-state index contributed by atoms with van der Waals surface area (Å²) < 4.78 is 55.6. The minimum Gasteiger partial charge on any atom is -0.485 e. The zero-order valence-electron chi connectivity index (χ0n) is 20.6. The predicted octanol–water partition coefficient (Wildman–Crippen LogP) is 5.66. The number of halogens is 3. The Morgan fingerprint density at radius 3 is 2.54 bits per heavy atom. The number of aliphatic hydroxyl groups is 1. The summed E-state index contributed by atoms with van der Waals surface area (Å²) in [6.45, 7) is 7.50. The summed E-state index contributed by atoms with van der Waals surface area (Å²) in [6, 6.07) is 6.52. The van der Waals surface area contributed by atoms with E-state index in [4.69, 9.17) is 9.26 Å². The summed E-state index contributed by atoms with van der Waals surface area (Å²) in [4.78, 5) is 14.3. The van der Waals surface area contributed by atoms with Crippen molar-refractivity contribution >= 4 is 5.91 Å². The van der Waals surface area contributed by atoms with Crippen LogP contribution < -0.4 is 4.74 Å². The van der Waals surface area contributed by atoms with Crippen LogP contribution in [-0.4, -0.2) is 39.1 Å². The normalized spacial score (nSPS) is 23.3. The number of rotatable bonds is 6. The molecule has 6 nitrogen and oxygen atoms in total. The summed E-state index contributed by atoms with van der Waals surface area (Å²) in [5, 5.41) is 15.2. The molecule has 1 N–H and O–H groups in total. The van der Waals surface area contributed by atoms with E-state index in [1.807, 2.05) is 27.7 Å². The number of aromatic nitrogens is 1. The Bertz CT molecular complexity index is 1070. The van der Waals surface area contributed by atoms with Gasteiger partial charge in [-0.25, -0.2) is 4.39 Å². The fourth-order valence-electron chi connectivity index (χ4n) is 6.25. The lowest BCUT2D eigenvalue weighted by atomic mass is 9.58. The van der Waals surface area contributed by atoms with Crippen LogP contribution in [0.5, 0.6) is 5.75 Å². The first-order chi connectivity index (χ1) is 16.2. The fourth-order valence-corrected chi connectivity index (χ4v) is 6.25. The highest BCUT2D eigenvalue weighted by Crippen LogP contribution is 2.55. The van der Waals surface area contributed by atoms with Crippen LogP contribution in [0, 0.1) is 16.6 Å². The lowest BCUT2D eigenvalue weighted by molar-refractivity contribution is -0.231. The van der Waals surface area contributed by atoms with Crippen molar-refractivity contribution in [3.63, 3.8) is 0 Å². The molecule has 1 amide bonds. The number of amides is 1. The second-order valence-electron chi connectivity index (χ2n) is 11.6. The topological polar surface area (TPSA) is 75.8 Å². The molecule has 2 heterocycles. The molecule has 35 heavy (non-hydrogen) atoms. The molecule has 1 saturated carbocycles. The average molecular weight is 495 g/mol. The Hall–Kier alpha value is -2.55. The molecule has 0 bridgehead atoms. The van der Waals surface area contributed by atoms with Gasteiger partial charge in [-0.3, -0.25) is 4.79 Å². The van der Waals surface area contributed by atoms with E-state index in [0.717, 1.165) is 4.90 Å². The first-order valence-electron chi connectivity index (χ1n) is 12.0. The van der Waals surface area contributed by atoms with Crippen LogP contribution >= 0.6 is 0 Å². The molecule has 2 fully saturated rings. The molecular weight excluding hydrogens is 461 g/mol. The van der Waals surface area contributed by atoms with Crippen molar-refractivity contribution < 1.29 is 32.3 Å². The number of ether oxygens (including phenoxy) is 1. The highest BCUT2D eigenvalue weighted by molar-refractivity contribution is 5.85. The van der Waals surface area contributed by atoms with Crippen molar-refractivity contribution in [3.05, 3.63) is 47.6 Å². The molecule has 1 saturated heterocycles. The van der Waals surface area contributed by atoms with Crippen LogP contribution in [0.4, 0.5) is 13.2 Å². The van der Waals surface area contributed by atoms with Gasteiger partial charge in [0, 0.05) is 18.7 Å². The van der Waals surface area contributed by atoms with E-state index in [1.165, 1.54) is 18.2 Å². The molecule has 1 aliphatic carbocycles. The van der Waals surface area contributed by atoms with E-state index in [2.05, 4.69) is 5.16 Å². The molecular formula is C26H33F3N2O4. The van der Waals surface area contributed by atoms with Crippen molar-refractivity contribution in [2.75, 3.05) is 6.54 Å². The second kappa shape index (κ2) is 8.84. The van der Waals surface area contributed by atoms with E-state index in [0.29, 0.717) is 36.5 Å². The van der Waals surface area contributed by atoms with Gasteiger partial charge in [0.2, 0.25) is 0 Å². The first-order valence-corrected chi connectivity index (χ1v) is 12.0. The van der Waals surface area contributed by atoms with Gasteiger partial charge in [-0.05, 0) is 55.1 Å². The number of hydrogen-bond donors (Lipinski definition) is 1. The number of carbonyl (C=O) groups excluding carboxylic acids is 1. The number of likely N-dealkylation sites (tertiary alicyclic amines) is 1. The highest BCUT2D eigenvalue weighted by atomic mass is 19.3. The quantitative estimate of drug-likeness (QED) is 0.561. The maximum atomic E-state index is 15.7. The molecule has 2 aromatic rings. The number of alkyl halides is 2. The second-order valence-corrected chi connectivity index (χ2v) is 11.6. The van der Waals surface area contributed by atoms with Gasteiger partial charge in [-0.15, -0.1) is 0 Å². The zero-order chi connectivity index (χ0) is 25.6. The molecule has 1 aromatic heterocycles. The maximum absolute atomic E-state index is 15.7. The molecule has 1 aromatic carbocycles. The van der Waals surface area contributed by atoms with Gasteiger partial charge in [-0.2, -0.15) is 8.78 Å². The van der Waals surface area contributed by atoms with Crippen molar-refractivity contribution in [2.24, 2.45) is 10.8 Å².